The summed E-state index contributed by atoms with van der Waals surface area (Å²) in [4.78, 5) is 58.5. The third-order valence-corrected chi connectivity index (χ3v) is 9.44. The molecular weight excluding hydrogens is 548 g/mol. The highest BCUT2D eigenvalue weighted by Gasteiger charge is 2.44. The summed E-state index contributed by atoms with van der Waals surface area (Å²) in [5, 5.41) is 2.24. The van der Waals surface area contributed by atoms with E-state index in [1.807, 2.05) is 12.1 Å². The van der Waals surface area contributed by atoms with Crippen molar-refractivity contribution in [2.24, 2.45) is 5.92 Å². The molecule has 228 valence electrons. The van der Waals surface area contributed by atoms with E-state index >= 15 is 0 Å². The molecule has 2 aromatic rings. The predicted octanol–water partition coefficient (Wildman–Crippen LogP) is 2.28. The molecule has 3 N–H and O–H groups in total. The number of ether oxygens (including phenoxy) is 1. The molecule has 6 rings (SSSR count). The van der Waals surface area contributed by atoms with E-state index < -0.39 is 23.8 Å². The van der Waals surface area contributed by atoms with Crippen LogP contribution in [0.3, 0.4) is 0 Å². The first-order valence-electron chi connectivity index (χ1n) is 15.3. The molecule has 11 heteroatoms. The van der Waals surface area contributed by atoms with Gasteiger partial charge in [0.2, 0.25) is 11.8 Å². The highest BCUT2D eigenvalue weighted by atomic mass is 16.5. The fourth-order valence-electron chi connectivity index (χ4n) is 6.95. The van der Waals surface area contributed by atoms with Gasteiger partial charge < -0.3 is 20.3 Å². The molecule has 3 fully saturated rings. The number of benzene rings is 2. The monoisotopic (exact) mass is 588 g/mol. The number of nitrogen functional groups attached to an aromatic ring is 1. The van der Waals surface area contributed by atoms with Crippen LogP contribution in [0.4, 0.5) is 17.1 Å². The van der Waals surface area contributed by atoms with Crippen molar-refractivity contribution >= 4 is 40.7 Å². The number of methoxy groups -OCH3 is 1. The highest BCUT2D eigenvalue weighted by Crippen LogP contribution is 2.35. The number of hydrogen-bond donors (Lipinski definition) is 2. The lowest BCUT2D eigenvalue weighted by Gasteiger charge is -2.40. The van der Waals surface area contributed by atoms with Gasteiger partial charge in [0.1, 0.15) is 11.8 Å². The number of aryl methyl sites for hydroxylation is 1. The van der Waals surface area contributed by atoms with Crippen molar-refractivity contribution in [3.8, 4) is 5.75 Å². The summed E-state index contributed by atoms with van der Waals surface area (Å²) in [6.07, 6.45) is 3.47. The number of imide groups is 2. The van der Waals surface area contributed by atoms with Crippen molar-refractivity contribution in [1.82, 2.24) is 15.1 Å². The van der Waals surface area contributed by atoms with Gasteiger partial charge in [0, 0.05) is 69.7 Å². The van der Waals surface area contributed by atoms with Crippen LogP contribution in [-0.4, -0.2) is 92.4 Å². The average molecular weight is 589 g/mol. The van der Waals surface area contributed by atoms with Gasteiger partial charge in [-0.05, 0) is 61.4 Å². The second-order valence-electron chi connectivity index (χ2n) is 12.0. The number of carbonyl (C=O) groups is 4. The molecule has 0 saturated carbocycles. The molecule has 0 aliphatic carbocycles. The molecule has 4 heterocycles. The van der Waals surface area contributed by atoms with E-state index in [2.05, 4.69) is 33.0 Å². The molecule has 1 atom stereocenters. The van der Waals surface area contributed by atoms with Crippen LogP contribution >= 0.6 is 0 Å². The van der Waals surface area contributed by atoms with Gasteiger partial charge in [-0.1, -0.05) is 6.92 Å². The van der Waals surface area contributed by atoms with E-state index in [0.29, 0.717) is 22.7 Å². The van der Waals surface area contributed by atoms with Crippen LogP contribution in [0.25, 0.3) is 0 Å². The highest BCUT2D eigenvalue weighted by molar-refractivity contribution is 6.23. The van der Waals surface area contributed by atoms with Crippen LogP contribution in [0.15, 0.2) is 30.3 Å². The zero-order valence-corrected chi connectivity index (χ0v) is 24.9. The van der Waals surface area contributed by atoms with Crippen molar-refractivity contribution in [3.05, 3.63) is 47.0 Å². The number of rotatable bonds is 7. The second-order valence-corrected chi connectivity index (χ2v) is 12.0. The molecule has 4 amide bonds. The maximum absolute atomic E-state index is 13.2. The Bertz CT molecular complexity index is 1440. The fraction of sp³-hybridized carbons (Fsp3) is 0.500. The van der Waals surface area contributed by atoms with Crippen molar-refractivity contribution in [2.75, 3.05) is 68.5 Å². The number of amides is 4. The number of nitrogens with one attached hydrogen (secondary N) is 1. The Morgan fingerprint density at radius 2 is 1.60 bits per heavy atom. The van der Waals surface area contributed by atoms with Crippen LogP contribution in [-0.2, 0) is 16.0 Å². The summed E-state index contributed by atoms with van der Waals surface area (Å²) in [5.74, 6) is -0.537. The van der Waals surface area contributed by atoms with Crippen molar-refractivity contribution in [2.45, 2.75) is 45.1 Å². The van der Waals surface area contributed by atoms with Crippen LogP contribution in [0, 0.1) is 5.92 Å². The van der Waals surface area contributed by atoms with Gasteiger partial charge in [-0.2, -0.15) is 0 Å². The van der Waals surface area contributed by atoms with Crippen LogP contribution < -0.4 is 25.6 Å². The Morgan fingerprint density at radius 1 is 0.884 bits per heavy atom. The largest absolute Gasteiger partial charge is 0.495 e. The number of piperidine rings is 2. The minimum Gasteiger partial charge on any atom is -0.495 e. The van der Waals surface area contributed by atoms with Crippen molar-refractivity contribution < 1.29 is 23.9 Å². The number of fused-ring (bicyclic) bond motifs is 1. The van der Waals surface area contributed by atoms with Gasteiger partial charge in [-0.3, -0.25) is 34.3 Å². The van der Waals surface area contributed by atoms with E-state index in [1.165, 1.54) is 11.3 Å². The third kappa shape index (κ3) is 5.53. The Kier molecular flexibility index (Phi) is 8.00. The lowest BCUT2D eigenvalue weighted by atomic mass is 9.94. The molecule has 0 bridgehead atoms. The summed E-state index contributed by atoms with van der Waals surface area (Å²) in [7, 11) is 1.66. The molecule has 0 aromatic heterocycles. The van der Waals surface area contributed by atoms with Crippen LogP contribution in [0.1, 0.15) is 58.9 Å². The maximum Gasteiger partial charge on any atom is 0.262 e. The van der Waals surface area contributed by atoms with Crippen molar-refractivity contribution in [3.63, 3.8) is 0 Å². The van der Waals surface area contributed by atoms with E-state index in [4.69, 9.17) is 10.5 Å². The Hall–Kier alpha value is -4.12. The number of nitrogens with zero attached hydrogens (tertiary/aromatic N) is 4. The van der Waals surface area contributed by atoms with Gasteiger partial charge in [-0.25, -0.2) is 0 Å². The Labute approximate surface area is 251 Å². The van der Waals surface area contributed by atoms with E-state index in [1.54, 1.807) is 19.2 Å². The van der Waals surface area contributed by atoms with Gasteiger partial charge in [0.05, 0.1) is 23.9 Å². The molecule has 4 aliphatic rings. The van der Waals surface area contributed by atoms with Gasteiger partial charge in [0.25, 0.3) is 11.8 Å². The topological polar surface area (TPSA) is 129 Å². The molecular formula is C32H40N6O5. The third-order valence-electron chi connectivity index (χ3n) is 9.44. The quantitative estimate of drug-likeness (QED) is 0.370. The lowest BCUT2D eigenvalue weighted by Crippen LogP contribution is -2.54. The molecule has 2 aromatic carbocycles. The molecule has 11 nitrogen and oxygen atoms in total. The first kappa shape index (κ1) is 29.0. The molecule has 43 heavy (non-hydrogen) atoms. The molecule has 0 spiro atoms. The SMILES string of the molecule is CCc1cc(N)c(OC)cc1N1CCC(CN2CCN(c3ccc4c(c3)C(=O)N(C3CCC(=O)NC3=O)C4=O)CC2)CC1. The summed E-state index contributed by atoms with van der Waals surface area (Å²) in [6.45, 7) is 8.80. The first-order valence-corrected chi connectivity index (χ1v) is 15.3. The minimum absolute atomic E-state index is 0.107. The predicted molar refractivity (Wildman–Crippen MR) is 163 cm³/mol. The lowest BCUT2D eigenvalue weighted by molar-refractivity contribution is -0.136. The molecule has 3 saturated heterocycles. The number of nitrogens with two attached hydrogens (primary N) is 1. The molecule has 0 radical (unpaired) electrons. The average Bonchev–Trinajstić information content (AvgIpc) is 3.26. The van der Waals surface area contributed by atoms with E-state index in [0.717, 1.165) is 81.4 Å². The zero-order valence-electron chi connectivity index (χ0n) is 24.9. The second kappa shape index (κ2) is 11.9. The molecule has 4 aliphatic heterocycles. The van der Waals surface area contributed by atoms with Gasteiger partial charge in [0.15, 0.2) is 0 Å². The maximum atomic E-state index is 13.2. The zero-order chi connectivity index (χ0) is 30.2. The summed E-state index contributed by atoms with van der Waals surface area (Å²) >= 11 is 0. The van der Waals surface area contributed by atoms with Crippen molar-refractivity contribution in [1.29, 1.82) is 0 Å². The number of piperazine rings is 1. The van der Waals surface area contributed by atoms with Gasteiger partial charge in [-0.15, -0.1) is 0 Å². The number of anilines is 3. The number of hydrogen-bond acceptors (Lipinski definition) is 9. The minimum atomic E-state index is -0.952. The Balaban J connectivity index is 1.03. The summed E-state index contributed by atoms with van der Waals surface area (Å²) in [5.41, 5.74) is 10.9. The first-order chi connectivity index (χ1) is 20.8. The normalized spacial score (nSPS) is 21.8. The van der Waals surface area contributed by atoms with Crippen LogP contribution in [0.2, 0.25) is 0 Å². The van der Waals surface area contributed by atoms with Crippen LogP contribution in [0.5, 0.6) is 5.75 Å². The fourth-order valence-corrected chi connectivity index (χ4v) is 6.95. The summed E-state index contributed by atoms with van der Waals surface area (Å²) < 4.78 is 5.49. The van der Waals surface area contributed by atoms with E-state index in [-0.39, 0.29) is 18.7 Å². The smallest absolute Gasteiger partial charge is 0.262 e. The standard InChI is InChI=1S/C32H40N6O5/c1-3-21-16-25(33)28(43-2)18-27(21)37-10-8-20(9-11-37)19-35-12-14-36(15-13-35)22-4-5-23-24(17-22)32(42)38(31(23)41)26-6-7-29(39)34-30(26)40/h4-5,16-18,20,26H,3,6-15,19,33H2,1-2H3,(H,34,39,40). The Morgan fingerprint density at radius 3 is 2.28 bits per heavy atom. The molecule has 1 unspecified atom stereocenters. The van der Waals surface area contributed by atoms with Gasteiger partial charge >= 0.3 is 0 Å². The number of carbonyl (C=O) groups excluding carboxylic acids is 4. The summed E-state index contributed by atoms with van der Waals surface area (Å²) in [6, 6.07) is 8.54. The van der Waals surface area contributed by atoms with E-state index in [9.17, 15) is 19.2 Å².